The summed E-state index contributed by atoms with van der Waals surface area (Å²) in [6, 6.07) is -0.915. The molecule has 63 heavy (non-hydrogen) atoms. The molecule has 4 aromatic rings. The van der Waals surface area contributed by atoms with Crippen molar-refractivity contribution in [2.75, 3.05) is 44.5 Å². The fraction of sp³-hybridized carbons (Fsp3) is 0.657. The molecule has 28 heteroatoms. The van der Waals surface area contributed by atoms with Gasteiger partial charge >= 0.3 is 26.6 Å². The number of anilines is 2. The van der Waals surface area contributed by atoms with Gasteiger partial charge < -0.3 is 40.1 Å². The Morgan fingerprint density at radius 1 is 0.984 bits per heavy atom. The maximum absolute atomic E-state index is 15.1. The fourth-order valence-electron chi connectivity index (χ4n) is 7.23. The molecule has 1 saturated carbocycles. The molecular weight excluding hydrogens is 894 g/mol. The van der Waals surface area contributed by atoms with Crippen molar-refractivity contribution in [3.05, 3.63) is 29.3 Å². The number of nitrogens with two attached hydrogens (primary N) is 2. The largest absolute Gasteiger partial charge is 0.478 e. The third-order valence-corrected chi connectivity index (χ3v) is 15.3. The van der Waals surface area contributed by atoms with Crippen molar-refractivity contribution in [1.29, 1.82) is 0 Å². The quantitative estimate of drug-likeness (QED) is 0.106. The van der Waals surface area contributed by atoms with Gasteiger partial charge in [-0.25, -0.2) is 33.6 Å². The van der Waals surface area contributed by atoms with E-state index in [1.54, 1.807) is 53.0 Å². The van der Waals surface area contributed by atoms with Crippen LogP contribution in [-0.2, 0) is 60.3 Å². The number of phosphoric ester groups is 1. The Bertz CT molecular complexity index is 2530. The van der Waals surface area contributed by atoms with E-state index < -0.39 is 117 Å². The number of nitrogens with zero attached hydrogens (tertiary/aromatic N) is 7. The molecule has 0 aromatic carbocycles. The zero-order valence-corrected chi connectivity index (χ0v) is 38.2. The molecule has 6 N–H and O–H groups in total. The van der Waals surface area contributed by atoms with E-state index in [0.717, 1.165) is 0 Å². The number of aromatic nitrogens is 8. The normalized spacial score (nSPS) is 31.9. The molecule has 7 rings (SSSR count). The van der Waals surface area contributed by atoms with Gasteiger partial charge in [-0.15, -0.1) is 0 Å². The Balaban J connectivity index is 1.31. The highest BCUT2D eigenvalue weighted by molar-refractivity contribution is 8.55. The van der Waals surface area contributed by atoms with Crippen LogP contribution in [0.15, 0.2) is 23.8 Å². The van der Waals surface area contributed by atoms with Crippen LogP contribution in [0.3, 0.4) is 0 Å². The third kappa shape index (κ3) is 9.53. The van der Waals surface area contributed by atoms with Gasteiger partial charge in [-0.3, -0.25) is 42.0 Å². The van der Waals surface area contributed by atoms with Crippen molar-refractivity contribution in [3.63, 3.8) is 0 Å². The topological polar surface area (TPSA) is 331 Å². The summed E-state index contributed by atoms with van der Waals surface area (Å²) in [6.45, 7) is 4.74. The second-order valence-electron chi connectivity index (χ2n) is 17.5. The van der Waals surface area contributed by atoms with Gasteiger partial charge in [0.05, 0.1) is 42.7 Å². The number of aliphatic hydroxyl groups is 1. The molecule has 0 unspecified atom stereocenters. The minimum Gasteiger partial charge on any atom is -0.454 e. The number of esters is 2. The number of aliphatic hydroxyl groups excluding tert-OH is 1. The van der Waals surface area contributed by atoms with Crippen LogP contribution in [0.5, 0.6) is 0 Å². The summed E-state index contributed by atoms with van der Waals surface area (Å²) in [7, 11) is -3.68. The monoisotopic (exact) mass is 944 g/mol. The second-order valence-corrected chi connectivity index (χ2v) is 23.1. The van der Waals surface area contributed by atoms with Crippen LogP contribution < -0.4 is 17.0 Å². The molecule has 3 aliphatic rings. The molecule has 0 amide bonds. The van der Waals surface area contributed by atoms with E-state index in [-0.39, 0.29) is 40.5 Å². The molecule has 2 aliphatic heterocycles. The SMILES string of the molecule is CO[C@H]1[C@H]2O[P@](=O)(OCOC(=O)C(C)(C)C)OC[C@@]3(C)C[C@@H](n4cnc5c(N)ncnc54)[C@H](O)[C@@H]3O[P@@](=O)(SCOC(=O)C(C)(C)C)OC[C@H]1O[C@H]2n1cnc2c(=O)[nH]c(N)nc21. The number of H-pyrrole nitrogens is 1. The number of aromatic amines is 1. The summed E-state index contributed by atoms with van der Waals surface area (Å²) in [5.74, 6) is -1.98. The van der Waals surface area contributed by atoms with Crippen LogP contribution in [0.4, 0.5) is 11.8 Å². The molecule has 0 spiro atoms. The summed E-state index contributed by atoms with van der Waals surface area (Å²) in [6.07, 6.45) is -4.50. The number of phosphoric acid groups is 1. The lowest BCUT2D eigenvalue weighted by atomic mass is 9.87. The van der Waals surface area contributed by atoms with E-state index in [4.69, 9.17) is 53.0 Å². The third-order valence-electron chi connectivity index (χ3n) is 10.6. The van der Waals surface area contributed by atoms with E-state index in [2.05, 4.69) is 29.9 Å². The summed E-state index contributed by atoms with van der Waals surface area (Å²) >= 11 is 0.534. The van der Waals surface area contributed by atoms with Crippen LogP contribution in [0.2, 0.25) is 0 Å². The first-order valence-corrected chi connectivity index (χ1v) is 24.1. The standard InChI is InChI=1S/C35H50N10O15P2S/c1-33(2,3)30(48)53-15-57-61(50)56-11-35(7)9-17(44-13-40-19-25(36)38-12-39-26(19)44)21(46)24(35)60-62(51,63-16-54-31(49)34(4,5)6)55-10-18-22(52-8)23(59-61)29(58-18)45-14-41-20-27(45)42-32(37)43-28(20)47/h12-14,17-18,21-24,29,46H,9-11,15-16H2,1-8H3,(H2,36,38,39)(H3,37,42,43,47)/t17-,18-,21+,22-,23-,24+,29-,35-,61+,62+/m1/s1. The van der Waals surface area contributed by atoms with E-state index in [1.165, 1.54) is 30.7 Å². The lowest BCUT2D eigenvalue weighted by molar-refractivity contribution is -0.161. The molecule has 2 saturated heterocycles. The van der Waals surface area contributed by atoms with Crippen molar-refractivity contribution >= 4 is 72.0 Å². The highest BCUT2D eigenvalue weighted by atomic mass is 32.7. The lowest BCUT2D eigenvalue weighted by Gasteiger charge is -2.35. The molecule has 0 radical (unpaired) electrons. The number of imidazole rings is 2. The Kier molecular flexibility index (Phi) is 12.9. The summed E-state index contributed by atoms with van der Waals surface area (Å²) < 4.78 is 86.6. The molecule has 2 bridgehead atoms. The van der Waals surface area contributed by atoms with Gasteiger partial charge in [-0.05, 0) is 48.0 Å². The minimum absolute atomic E-state index is 0.0297. The predicted molar refractivity (Wildman–Crippen MR) is 221 cm³/mol. The molecule has 3 fully saturated rings. The van der Waals surface area contributed by atoms with Gasteiger partial charge in [0.25, 0.3) is 5.56 Å². The smallest absolute Gasteiger partial charge is 0.454 e. The van der Waals surface area contributed by atoms with Crippen molar-refractivity contribution in [2.24, 2.45) is 16.2 Å². The molecule has 1 aliphatic carbocycles. The fourth-order valence-corrected chi connectivity index (χ4v) is 11.5. The van der Waals surface area contributed by atoms with Crippen molar-refractivity contribution in [1.82, 2.24) is 39.0 Å². The van der Waals surface area contributed by atoms with E-state index >= 15 is 9.13 Å². The van der Waals surface area contributed by atoms with Gasteiger partial charge in [0.1, 0.15) is 48.3 Å². The average Bonchev–Trinajstić information content (AvgIpc) is 3.96. The van der Waals surface area contributed by atoms with E-state index in [0.29, 0.717) is 11.4 Å². The molecule has 4 aromatic heterocycles. The van der Waals surface area contributed by atoms with Gasteiger partial charge in [-0.1, -0.05) is 6.92 Å². The van der Waals surface area contributed by atoms with Crippen LogP contribution in [-0.4, -0.2) is 120 Å². The summed E-state index contributed by atoms with van der Waals surface area (Å²) in [5.41, 5.74) is 8.29. The van der Waals surface area contributed by atoms with Gasteiger partial charge in [0, 0.05) is 23.9 Å². The molecule has 25 nitrogen and oxygen atoms in total. The number of ether oxygens (including phenoxy) is 4. The van der Waals surface area contributed by atoms with Crippen molar-refractivity contribution < 1.29 is 65.4 Å². The number of nitrogen functional groups attached to an aromatic ring is 2. The van der Waals surface area contributed by atoms with Gasteiger partial charge in [0.15, 0.2) is 28.9 Å². The first-order chi connectivity index (χ1) is 29.5. The maximum Gasteiger partial charge on any atom is 0.478 e. The van der Waals surface area contributed by atoms with Crippen LogP contribution in [0, 0.1) is 16.2 Å². The van der Waals surface area contributed by atoms with Crippen LogP contribution in [0.25, 0.3) is 22.3 Å². The summed E-state index contributed by atoms with van der Waals surface area (Å²) in [5, 5.41) is 12.2. The lowest BCUT2D eigenvalue weighted by Crippen LogP contribution is -2.39. The van der Waals surface area contributed by atoms with E-state index in [9.17, 15) is 19.5 Å². The number of hydrogen-bond acceptors (Lipinski definition) is 23. The molecule has 10 atom stereocenters. The van der Waals surface area contributed by atoms with Crippen molar-refractivity contribution in [3.8, 4) is 0 Å². The number of hydrogen-bond donors (Lipinski definition) is 4. The minimum atomic E-state index is -4.97. The van der Waals surface area contributed by atoms with Crippen LogP contribution >= 0.6 is 26.0 Å². The molecule has 346 valence electrons. The van der Waals surface area contributed by atoms with Crippen molar-refractivity contribution in [2.45, 2.75) is 97.7 Å². The number of rotatable bonds is 9. The highest BCUT2D eigenvalue weighted by Gasteiger charge is 2.58. The van der Waals surface area contributed by atoms with E-state index in [1.807, 2.05) is 0 Å². The number of carbonyl (C=O) groups is 2. The Hall–Kier alpha value is -4.07. The average molecular weight is 945 g/mol. The number of carbonyl (C=O) groups excluding carboxylic acids is 2. The Morgan fingerprint density at radius 3 is 2.37 bits per heavy atom. The maximum atomic E-state index is 15.1. The van der Waals surface area contributed by atoms with Gasteiger partial charge in [0.2, 0.25) is 12.7 Å². The predicted octanol–water partition coefficient (Wildman–Crippen LogP) is 3.23. The van der Waals surface area contributed by atoms with Crippen LogP contribution in [0.1, 0.15) is 67.2 Å². The number of nitrogens with one attached hydrogen (secondary N) is 1. The Labute approximate surface area is 363 Å². The summed E-state index contributed by atoms with van der Waals surface area (Å²) in [4.78, 5) is 61.8. The zero-order valence-electron chi connectivity index (χ0n) is 35.6. The Morgan fingerprint density at radius 2 is 1.67 bits per heavy atom. The highest BCUT2D eigenvalue weighted by Crippen LogP contribution is 2.66. The first kappa shape index (κ1) is 46.9. The first-order valence-electron chi connectivity index (χ1n) is 19.5. The molecule has 6 heterocycles. The van der Waals surface area contributed by atoms with Gasteiger partial charge in [-0.2, -0.15) is 4.98 Å². The second kappa shape index (κ2) is 17.4. The number of methoxy groups -OCH3 is 1. The molecular formula is C35H50N10O15P2S. The number of fused-ring (bicyclic) bond motifs is 5. The zero-order chi connectivity index (χ0) is 45.9.